The van der Waals surface area contributed by atoms with E-state index in [1.165, 1.54) is 6.07 Å². The summed E-state index contributed by atoms with van der Waals surface area (Å²) in [6.45, 7) is 1.71. The van der Waals surface area contributed by atoms with Crippen LogP contribution in [0.1, 0.15) is 5.56 Å². The van der Waals surface area contributed by atoms with Crippen molar-refractivity contribution in [2.75, 3.05) is 10.7 Å². The van der Waals surface area contributed by atoms with Gasteiger partial charge in [-0.25, -0.2) is 15.2 Å². The zero-order valence-corrected chi connectivity index (χ0v) is 9.37. The van der Waals surface area contributed by atoms with E-state index in [0.29, 0.717) is 17.2 Å². The molecular formula is C12H13FN4. The molecule has 17 heavy (non-hydrogen) atoms. The van der Waals surface area contributed by atoms with E-state index in [2.05, 4.69) is 15.7 Å². The average Bonchev–Trinajstić information content (AvgIpc) is 2.34. The number of rotatable bonds is 3. The average molecular weight is 232 g/mol. The Balaban J connectivity index is 2.22. The molecule has 1 aromatic heterocycles. The van der Waals surface area contributed by atoms with Crippen molar-refractivity contribution in [3.05, 3.63) is 47.8 Å². The Bertz CT molecular complexity index is 528. The van der Waals surface area contributed by atoms with Gasteiger partial charge in [-0.05, 0) is 42.8 Å². The van der Waals surface area contributed by atoms with Crippen molar-refractivity contribution in [1.82, 2.24) is 4.98 Å². The van der Waals surface area contributed by atoms with Crippen LogP contribution in [0.4, 0.5) is 21.7 Å². The summed E-state index contributed by atoms with van der Waals surface area (Å²) in [6.07, 6.45) is 0. The van der Waals surface area contributed by atoms with E-state index in [4.69, 9.17) is 5.84 Å². The second kappa shape index (κ2) is 4.80. The van der Waals surface area contributed by atoms with Gasteiger partial charge in [-0.2, -0.15) is 0 Å². The van der Waals surface area contributed by atoms with Crippen LogP contribution in [0.15, 0.2) is 36.4 Å². The number of pyridine rings is 1. The van der Waals surface area contributed by atoms with Crippen LogP contribution >= 0.6 is 0 Å². The van der Waals surface area contributed by atoms with Gasteiger partial charge in [0.05, 0.1) is 0 Å². The van der Waals surface area contributed by atoms with E-state index >= 15 is 0 Å². The molecule has 0 atom stereocenters. The first kappa shape index (κ1) is 11.3. The molecule has 1 heterocycles. The molecular weight excluding hydrogens is 219 g/mol. The molecule has 4 N–H and O–H groups in total. The van der Waals surface area contributed by atoms with E-state index in [0.717, 1.165) is 5.69 Å². The number of nitrogen functional groups attached to an aromatic ring is 1. The molecule has 0 spiro atoms. The Morgan fingerprint density at radius 1 is 1.18 bits per heavy atom. The lowest BCUT2D eigenvalue weighted by Crippen LogP contribution is -2.08. The van der Waals surface area contributed by atoms with Crippen LogP contribution in [-0.2, 0) is 0 Å². The molecule has 2 rings (SSSR count). The summed E-state index contributed by atoms with van der Waals surface area (Å²) in [6, 6.07) is 10.2. The summed E-state index contributed by atoms with van der Waals surface area (Å²) in [7, 11) is 0. The third-order valence-electron chi connectivity index (χ3n) is 2.33. The lowest BCUT2D eigenvalue weighted by atomic mass is 10.2. The zero-order chi connectivity index (χ0) is 12.3. The molecule has 88 valence electrons. The molecule has 1 aromatic carbocycles. The molecule has 0 amide bonds. The first-order valence-corrected chi connectivity index (χ1v) is 5.16. The van der Waals surface area contributed by atoms with Crippen LogP contribution in [0.2, 0.25) is 0 Å². The van der Waals surface area contributed by atoms with Crippen LogP contribution in [0, 0.1) is 12.7 Å². The van der Waals surface area contributed by atoms with Gasteiger partial charge in [0.25, 0.3) is 0 Å². The quantitative estimate of drug-likeness (QED) is 0.562. The molecule has 0 saturated heterocycles. The molecule has 0 radical (unpaired) electrons. The number of nitrogens with one attached hydrogen (secondary N) is 2. The number of aryl methyl sites for hydroxylation is 1. The number of nitrogens with zero attached hydrogens (tertiary/aromatic N) is 1. The Hall–Kier alpha value is -2.14. The Morgan fingerprint density at radius 2 is 1.94 bits per heavy atom. The number of hydrazine groups is 1. The fourth-order valence-electron chi connectivity index (χ4n) is 1.46. The minimum absolute atomic E-state index is 0.221. The van der Waals surface area contributed by atoms with Crippen molar-refractivity contribution >= 4 is 17.3 Å². The highest BCUT2D eigenvalue weighted by atomic mass is 19.1. The highest BCUT2D eigenvalue weighted by molar-refractivity contribution is 5.58. The standard InChI is InChI=1S/C12H13FN4/c1-8-7-9(5-6-10(8)13)15-11-3-2-4-12(16-11)17-14/h2-7H,14H2,1H3,(H2,15,16,17). The predicted molar refractivity (Wildman–Crippen MR) is 66.5 cm³/mol. The minimum atomic E-state index is -0.221. The van der Waals surface area contributed by atoms with Gasteiger partial charge in [0.15, 0.2) is 0 Å². The van der Waals surface area contributed by atoms with Gasteiger partial charge < -0.3 is 10.7 Å². The first-order valence-electron chi connectivity index (χ1n) is 5.16. The second-order valence-corrected chi connectivity index (χ2v) is 3.64. The molecule has 0 aliphatic carbocycles. The normalized spacial score (nSPS) is 10.1. The number of aromatic nitrogens is 1. The van der Waals surface area contributed by atoms with E-state index in [9.17, 15) is 4.39 Å². The number of halogens is 1. The number of hydrogen-bond donors (Lipinski definition) is 3. The number of benzene rings is 1. The summed E-state index contributed by atoms with van der Waals surface area (Å²) in [5.74, 6) is 6.25. The van der Waals surface area contributed by atoms with Crippen molar-refractivity contribution in [1.29, 1.82) is 0 Å². The van der Waals surface area contributed by atoms with Gasteiger partial charge in [0.2, 0.25) is 0 Å². The van der Waals surface area contributed by atoms with Gasteiger partial charge in [0, 0.05) is 5.69 Å². The summed E-state index contributed by atoms with van der Waals surface area (Å²) in [4.78, 5) is 4.20. The maximum atomic E-state index is 13.1. The summed E-state index contributed by atoms with van der Waals surface area (Å²) in [5, 5.41) is 3.07. The van der Waals surface area contributed by atoms with Crippen molar-refractivity contribution in [2.24, 2.45) is 5.84 Å². The highest BCUT2D eigenvalue weighted by Gasteiger charge is 2.00. The molecule has 0 aliphatic heterocycles. The number of hydrogen-bond acceptors (Lipinski definition) is 4. The van der Waals surface area contributed by atoms with Crippen LogP contribution in [0.3, 0.4) is 0 Å². The maximum absolute atomic E-state index is 13.1. The predicted octanol–water partition coefficient (Wildman–Crippen LogP) is 2.56. The smallest absolute Gasteiger partial charge is 0.142 e. The molecule has 0 fully saturated rings. The van der Waals surface area contributed by atoms with Crippen molar-refractivity contribution in [3.63, 3.8) is 0 Å². The largest absolute Gasteiger partial charge is 0.340 e. The summed E-state index contributed by atoms with van der Waals surface area (Å²) in [5.41, 5.74) is 3.83. The lowest BCUT2D eigenvalue weighted by Gasteiger charge is -2.08. The third-order valence-corrected chi connectivity index (χ3v) is 2.33. The van der Waals surface area contributed by atoms with E-state index in [1.54, 1.807) is 31.2 Å². The molecule has 2 aromatic rings. The third kappa shape index (κ3) is 2.70. The molecule has 4 nitrogen and oxygen atoms in total. The second-order valence-electron chi connectivity index (χ2n) is 3.64. The van der Waals surface area contributed by atoms with Crippen molar-refractivity contribution in [2.45, 2.75) is 6.92 Å². The fourth-order valence-corrected chi connectivity index (χ4v) is 1.46. The van der Waals surface area contributed by atoms with Gasteiger partial charge in [-0.3, -0.25) is 0 Å². The molecule has 0 aliphatic rings. The Morgan fingerprint density at radius 3 is 2.65 bits per heavy atom. The monoisotopic (exact) mass is 232 g/mol. The number of nitrogens with two attached hydrogens (primary N) is 1. The molecule has 0 saturated carbocycles. The van der Waals surface area contributed by atoms with E-state index in [1.807, 2.05) is 6.07 Å². The van der Waals surface area contributed by atoms with E-state index in [-0.39, 0.29) is 5.82 Å². The first-order chi connectivity index (χ1) is 8.19. The minimum Gasteiger partial charge on any atom is -0.340 e. The molecule has 0 unspecified atom stereocenters. The molecule has 0 bridgehead atoms. The zero-order valence-electron chi connectivity index (χ0n) is 9.37. The van der Waals surface area contributed by atoms with Gasteiger partial charge in [-0.1, -0.05) is 6.07 Å². The summed E-state index contributed by atoms with van der Waals surface area (Å²) >= 11 is 0. The Labute approximate surface area is 98.6 Å². The SMILES string of the molecule is Cc1cc(Nc2cccc(NN)n2)ccc1F. The van der Waals surface area contributed by atoms with E-state index < -0.39 is 0 Å². The van der Waals surface area contributed by atoms with Crippen molar-refractivity contribution in [3.8, 4) is 0 Å². The van der Waals surface area contributed by atoms with Crippen LogP contribution < -0.4 is 16.6 Å². The highest BCUT2D eigenvalue weighted by Crippen LogP contribution is 2.18. The van der Waals surface area contributed by atoms with Crippen molar-refractivity contribution < 1.29 is 4.39 Å². The lowest BCUT2D eigenvalue weighted by molar-refractivity contribution is 0.619. The van der Waals surface area contributed by atoms with Crippen LogP contribution in [0.5, 0.6) is 0 Å². The summed E-state index contributed by atoms with van der Waals surface area (Å²) < 4.78 is 13.1. The fraction of sp³-hybridized carbons (Fsp3) is 0.0833. The van der Waals surface area contributed by atoms with Crippen LogP contribution in [0.25, 0.3) is 0 Å². The van der Waals surface area contributed by atoms with Gasteiger partial charge in [0.1, 0.15) is 17.5 Å². The van der Waals surface area contributed by atoms with Gasteiger partial charge >= 0.3 is 0 Å². The maximum Gasteiger partial charge on any atom is 0.142 e. The van der Waals surface area contributed by atoms with Gasteiger partial charge in [-0.15, -0.1) is 0 Å². The topological polar surface area (TPSA) is 63.0 Å². The van der Waals surface area contributed by atoms with Crippen LogP contribution in [-0.4, -0.2) is 4.98 Å². The Kier molecular flexibility index (Phi) is 3.20. The molecule has 5 heteroatoms. The number of anilines is 3.